The lowest BCUT2D eigenvalue weighted by Crippen LogP contribution is -1.90. The Hall–Kier alpha value is -4.77. The Morgan fingerprint density at radius 1 is 0.553 bits per heavy atom. The van der Waals surface area contributed by atoms with E-state index in [2.05, 4.69) is 0 Å². The van der Waals surface area contributed by atoms with Gasteiger partial charge in [0.1, 0.15) is 11.2 Å². The van der Waals surface area contributed by atoms with E-state index in [-0.39, 0.29) is 17.3 Å². The molecule has 2 heterocycles. The molecule has 0 fully saturated rings. The number of aryl methyl sites for hydroxylation is 1. The van der Waals surface area contributed by atoms with Gasteiger partial charge in [0.2, 0.25) is 0 Å². The van der Waals surface area contributed by atoms with Gasteiger partial charge in [-0.15, -0.1) is 0 Å². The maximum absolute atomic E-state index is 11.1. The van der Waals surface area contributed by atoms with E-state index < -0.39 is 0 Å². The number of carbonyl (C=O) groups excluding carboxylic acids is 3. The van der Waals surface area contributed by atoms with Crippen LogP contribution in [0.15, 0.2) is 106 Å². The van der Waals surface area contributed by atoms with E-state index in [9.17, 15) is 14.4 Å². The van der Waals surface area contributed by atoms with Crippen LogP contribution in [0.5, 0.6) is 0 Å². The van der Waals surface area contributed by atoms with E-state index in [0.717, 1.165) is 38.5 Å². The molecule has 0 aliphatic carbocycles. The fourth-order valence-corrected chi connectivity index (χ4v) is 4.07. The number of hydrogen-bond acceptors (Lipinski definition) is 5. The number of rotatable bonds is 3. The van der Waals surface area contributed by atoms with Crippen molar-refractivity contribution in [2.45, 2.75) is 27.7 Å². The third-order valence-corrected chi connectivity index (χ3v) is 6.09. The van der Waals surface area contributed by atoms with Crippen molar-refractivity contribution in [2.24, 2.45) is 0 Å². The third-order valence-electron chi connectivity index (χ3n) is 6.09. The monoisotopic (exact) mass is 504 g/mol. The number of Topliss-reactive ketones (excluding diaryl/α,β-unsaturated/α-hetero) is 3. The molecule has 6 aromatic rings. The molecule has 190 valence electrons. The first-order chi connectivity index (χ1) is 18.2. The van der Waals surface area contributed by atoms with Crippen LogP contribution in [0.3, 0.4) is 0 Å². The van der Waals surface area contributed by atoms with Gasteiger partial charge in [0, 0.05) is 35.7 Å². The molecule has 0 saturated carbocycles. The van der Waals surface area contributed by atoms with Crippen molar-refractivity contribution in [3.05, 3.63) is 120 Å². The topological polar surface area (TPSA) is 77.5 Å². The molecule has 0 N–H and O–H groups in total. The zero-order chi connectivity index (χ0) is 27.2. The van der Waals surface area contributed by atoms with Crippen LogP contribution >= 0.6 is 0 Å². The number of fused-ring (bicyclic) bond motifs is 3. The lowest BCUT2D eigenvalue weighted by molar-refractivity contribution is 0.0981. The van der Waals surface area contributed by atoms with Crippen LogP contribution in [-0.4, -0.2) is 17.3 Å². The van der Waals surface area contributed by atoms with E-state index in [4.69, 9.17) is 8.83 Å². The summed E-state index contributed by atoms with van der Waals surface area (Å²) in [5.41, 5.74) is 3.26. The van der Waals surface area contributed by atoms with Crippen LogP contribution in [0.4, 0.5) is 0 Å². The number of ketones is 3. The summed E-state index contributed by atoms with van der Waals surface area (Å²) in [7, 11) is 0. The molecule has 2 aromatic heterocycles. The summed E-state index contributed by atoms with van der Waals surface area (Å²) in [5, 5.41) is 4.29. The van der Waals surface area contributed by atoms with Crippen LogP contribution in [-0.2, 0) is 0 Å². The molecule has 5 nitrogen and oxygen atoms in total. The molecule has 0 atom stereocenters. The average Bonchev–Trinajstić information content (AvgIpc) is 3.51. The minimum absolute atomic E-state index is 0.0197. The molecular formula is C33H28O5. The largest absolute Gasteiger partial charge is 0.453 e. The maximum atomic E-state index is 11.1. The molecule has 0 aliphatic rings. The Morgan fingerprint density at radius 3 is 1.76 bits per heavy atom. The normalized spacial score (nSPS) is 10.4. The molecule has 0 aliphatic heterocycles. The number of hydrogen-bond donors (Lipinski definition) is 0. The van der Waals surface area contributed by atoms with Crippen molar-refractivity contribution in [3.63, 3.8) is 0 Å². The first-order valence-electron chi connectivity index (χ1n) is 12.2. The summed E-state index contributed by atoms with van der Waals surface area (Å²) in [6.45, 7) is 6.51. The van der Waals surface area contributed by atoms with Crippen LogP contribution in [0.2, 0.25) is 0 Å². The smallest absolute Gasteiger partial charge is 0.195 e. The highest BCUT2D eigenvalue weighted by molar-refractivity contribution is 5.99. The van der Waals surface area contributed by atoms with Crippen molar-refractivity contribution in [1.82, 2.24) is 0 Å². The standard InChI is InChI=1S/C12H10O.C11H10O2.C10H8O2/c1-9(13)11-7-6-10-4-2-3-5-12(10)8-11;1-7-9-5-3-4-6-10(9)13-11(7)8(2)12;1-7(11)10-6-8-4-2-3-5-9(8)12-10/h2-8H,1H3;3-6H,1-2H3;2-6H,1H3. The molecule has 6 rings (SSSR count). The predicted octanol–water partition coefficient (Wildman–Crippen LogP) is 8.62. The quantitative estimate of drug-likeness (QED) is 0.225. The van der Waals surface area contributed by atoms with Crippen molar-refractivity contribution < 1.29 is 23.2 Å². The van der Waals surface area contributed by atoms with E-state index >= 15 is 0 Å². The first kappa shape index (κ1) is 26.3. The molecule has 0 saturated heterocycles. The summed E-state index contributed by atoms with van der Waals surface area (Å²) < 4.78 is 10.7. The Balaban J connectivity index is 0.000000133. The number of carbonyl (C=O) groups is 3. The molecule has 0 spiro atoms. The highest BCUT2D eigenvalue weighted by Gasteiger charge is 2.12. The minimum Gasteiger partial charge on any atom is -0.453 e. The zero-order valence-corrected chi connectivity index (χ0v) is 21.8. The lowest BCUT2D eigenvalue weighted by Gasteiger charge is -1.99. The van der Waals surface area contributed by atoms with Gasteiger partial charge in [0.25, 0.3) is 0 Å². The van der Waals surface area contributed by atoms with Crippen molar-refractivity contribution >= 4 is 50.1 Å². The minimum atomic E-state index is -0.0359. The average molecular weight is 505 g/mol. The van der Waals surface area contributed by atoms with Crippen LogP contribution in [0.25, 0.3) is 32.7 Å². The van der Waals surface area contributed by atoms with E-state index in [1.54, 1.807) is 13.0 Å². The highest BCUT2D eigenvalue weighted by Crippen LogP contribution is 2.25. The van der Waals surface area contributed by atoms with Gasteiger partial charge >= 0.3 is 0 Å². The van der Waals surface area contributed by atoms with Gasteiger partial charge in [-0.3, -0.25) is 14.4 Å². The van der Waals surface area contributed by atoms with Gasteiger partial charge in [-0.1, -0.05) is 72.8 Å². The van der Waals surface area contributed by atoms with E-state index in [1.807, 2.05) is 97.9 Å². The first-order valence-corrected chi connectivity index (χ1v) is 12.2. The van der Waals surface area contributed by atoms with E-state index in [0.29, 0.717) is 11.5 Å². The molecule has 38 heavy (non-hydrogen) atoms. The van der Waals surface area contributed by atoms with Gasteiger partial charge < -0.3 is 8.83 Å². The maximum Gasteiger partial charge on any atom is 0.195 e. The fourth-order valence-electron chi connectivity index (χ4n) is 4.07. The summed E-state index contributed by atoms with van der Waals surface area (Å²) in [5.74, 6) is 0.961. The second-order valence-electron chi connectivity index (χ2n) is 8.93. The van der Waals surface area contributed by atoms with E-state index in [1.165, 1.54) is 19.2 Å². The molecule has 0 unspecified atom stereocenters. The van der Waals surface area contributed by atoms with Crippen LogP contribution in [0, 0.1) is 6.92 Å². The van der Waals surface area contributed by atoms with Crippen molar-refractivity contribution in [3.8, 4) is 0 Å². The molecular weight excluding hydrogens is 476 g/mol. The zero-order valence-electron chi connectivity index (χ0n) is 21.8. The summed E-state index contributed by atoms with van der Waals surface area (Å²) in [6, 6.07) is 30.8. The van der Waals surface area contributed by atoms with Gasteiger partial charge in [-0.2, -0.15) is 0 Å². The SMILES string of the molecule is CC(=O)c1cc2ccccc2o1.CC(=O)c1ccc2ccccc2c1.CC(=O)c1oc2ccccc2c1C. The van der Waals surface area contributed by atoms with Crippen molar-refractivity contribution in [1.29, 1.82) is 0 Å². The molecule has 0 amide bonds. The predicted molar refractivity (Wildman–Crippen MR) is 151 cm³/mol. The Kier molecular flexibility index (Phi) is 7.97. The van der Waals surface area contributed by atoms with Gasteiger partial charge in [0.15, 0.2) is 28.9 Å². The van der Waals surface area contributed by atoms with Gasteiger partial charge in [0.05, 0.1) is 0 Å². The second kappa shape index (κ2) is 11.5. The number of furan rings is 2. The van der Waals surface area contributed by atoms with Crippen molar-refractivity contribution in [2.75, 3.05) is 0 Å². The van der Waals surface area contributed by atoms with Crippen LogP contribution in [0.1, 0.15) is 57.8 Å². The third kappa shape index (κ3) is 5.95. The highest BCUT2D eigenvalue weighted by atomic mass is 16.3. The summed E-state index contributed by atoms with van der Waals surface area (Å²) >= 11 is 0. The molecule has 0 radical (unpaired) electrons. The lowest BCUT2D eigenvalue weighted by atomic mass is 10.1. The Bertz CT molecular complexity index is 1730. The second-order valence-corrected chi connectivity index (χ2v) is 8.93. The number of benzene rings is 4. The van der Waals surface area contributed by atoms with Crippen LogP contribution < -0.4 is 0 Å². The van der Waals surface area contributed by atoms with Gasteiger partial charge in [-0.25, -0.2) is 0 Å². The van der Waals surface area contributed by atoms with Gasteiger partial charge in [-0.05, 0) is 48.9 Å². The molecule has 0 bridgehead atoms. The fraction of sp³-hybridized carbons (Fsp3) is 0.121. The number of para-hydroxylation sites is 2. The molecule has 5 heteroatoms. The Labute approximate surface area is 220 Å². The molecule has 4 aromatic carbocycles. The Morgan fingerprint density at radius 2 is 1.16 bits per heavy atom. The summed E-state index contributed by atoms with van der Waals surface area (Å²) in [6.07, 6.45) is 0. The summed E-state index contributed by atoms with van der Waals surface area (Å²) in [4.78, 5) is 33.2.